The van der Waals surface area contributed by atoms with Crippen molar-refractivity contribution in [3.05, 3.63) is 35.4 Å². The lowest BCUT2D eigenvalue weighted by Crippen LogP contribution is -2.33. The lowest BCUT2D eigenvalue weighted by atomic mass is 9.99. The van der Waals surface area contributed by atoms with Crippen LogP contribution in [0.1, 0.15) is 23.6 Å². The van der Waals surface area contributed by atoms with Crippen LogP contribution in [0.2, 0.25) is 0 Å². The maximum atomic E-state index is 8.96. The van der Waals surface area contributed by atoms with Gasteiger partial charge < -0.3 is 10.5 Å². The molecule has 4 heteroatoms. The van der Waals surface area contributed by atoms with Gasteiger partial charge in [0.1, 0.15) is 0 Å². The highest BCUT2D eigenvalue weighted by Gasteiger charge is 2.32. The van der Waals surface area contributed by atoms with Gasteiger partial charge in [-0.05, 0) is 24.1 Å². The number of hydrogen-bond acceptors (Lipinski definition) is 4. The van der Waals surface area contributed by atoms with Crippen molar-refractivity contribution in [3.8, 4) is 6.07 Å². The molecule has 1 aliphatic heterocycles. The van der Waals surface area contributed by atoms with E-state index in [9.17, 15) is 0 Å². The maximum absolute atomic E-state index is 8.96. The second-order valence-corrected chi connectivity index (χ2v) is 4.66. The first-order valence-electron chi connectivity index (χ1n) is 6.25. The summed E-state index contributed by atoms with van der Waals surface area (Å²) >= 11 is 0. The molecule has 1 aliphatic rings. The summed E-state index contributed by atoms with van der Waals surface area (Å²) in [5.74, 6) is 0. The predicted octanol–water partition coefficient (Wildman–Crippen LogP) is 1.28. The van der Waals surface area contributed by atoms with Crippen LogP contribution in [0.25, 0.3) is 0 Å². The Morgan fingerprint density at radius 3 is 3.11 bits per heavy atom. The summed E-state index contributed by atoms with van der Waals surface area (Å²) in [5, 5.41) is 8.96. The van der Waals surface area contributed by atoms with Gasteiger partial charge in [0, 0.05) is 26.2 Å². The van der Waals surface area contributed by atoms with E-state index in [4.69, 9.17) is 15.7 Å². The number of nitriles is 1. The number of benzene rings is 1. The van der Waals surface area contributed by atoms with Gasteiger partial charge >= 0.3 is 0 Å². The number of nitrogens with zero attached hydrogens (tertiary/aromatic N) is 2. The minimum Gasteiger partial charge on any atom is -0.383 e. The number of likely N-dealkylation sites (tertiary alicyclic amines) is 1. The third-order valence-corrected chi connectivity index (χ3v) is 3.49. The molecule has 1 aromatic carbocycles. The lowest BCUT2D eigenvalue weighted by molar-refractivity contribution is 0.139. The van der Waals surface area contributed by atoms with E-state index < -0.39 is 0 Å². The van der Waals surface area contributed by atoms with Crippen LogP contribution in [0.5, 0.6) is 0 Å². The van der Waals surface area contributed by atoms with Crippen molar-refractivity contribution < 1.29 is 4.74 Å². The van der Waals surface area contributed by atoms with Crippen LogP contribution < -0.4 is 5.73 Å². The number of nitrogens with two attached hydrogens (primary N) is 1. The molecule has 0 bridgehead atoms. The smallest absolute Gasteiger partial charge is 0.0991 e. The zero-order valence-corrected chi connectivity index (χ0v) is 10.7. The van der Waals surface area contributed by atoms with Crippen molar-refractivity contribution in [1.82, 2.24) is 4.90 Å². The monoisotopic (exact) mass is 245 g/mol. The molecular formula is C14H19N3O. The van der Waals surface area contributed by atoms with Crippen molar-refractivity contribution in [2.45, 2.75) is 18.5 Å². The van der Waals surface area contributed by atoms with E-state index in [-0.39, 0.29) is 12.1 Å². The molecule has 1 aromatic rings. The second-order valence-electron chi connectivity index (χ2n) is 4.66. The Hall–Kier alpha value is -1.41. The third kappa shape index (κ3) is 2.70. The average Bonchev–Trinajstić information content (AvgIpc) is 2.77. The topological polar surface area (TPSA) is 62.3 Å². The van der Waals surface area contributed by atoms with Gasteiger partial charge in [-0.25, -0.2) is 0 Å². The SMILES string of the molecule is COCCN1CCC(N)C1c1cccc(C#N)c1. The second kappa shape index (κ2) is 5.96. The van der Waals surface area contributed by atoms with Crippen molar-refractivity contribution in [1.29, 1.82) is 5.26 Å². The van der Waals surface area contributed by atoms with Gasteiger partial charge in [-0.3, -0.25) is 4.90 Å². The fourth-order valence-corrected chi connectivity index (χ4v) is 2.59. The summed E-state index contributed by atoms with van der Waals surface area (Å²) in [4.78, 5) is 2.34. The van der Waals surface area contributed by atoms with Crippen LogP contribution in [0.15, 0.2) is 24.3 Å². The van der Waals surface area contributed by atoms with Crippen LogP contribution in [-0.4, -0.2) is 37.7 Å². The first-order chi connectivity index (χ1) is 8.76. The van der Waals surface area contributed by atoms with Gasteiger partial charge in [-0.15, -0.1) is 0 Å². The molecule has 96 valence electrons. The van der Waals surface area contributed by atoms with Crippen molar-refractivity contribution in [3.63, 3.8) is 0 Å². The molecule has 1 fully saturated rings. The lowest BCUT2D eigenvalue weighted by Gasteiger charge is -2.27. The van der Waals surface area contributed by atoms with Crippen molar-refractivity contribution in [2.24, 2.45) is 5.73 Å². The molecule has 0 aromatic heterocycles. The first-order valence-corrected chi connectivity index (χ1v) is 6.25. The molecule has 0 radical (unpaired) electrons. The molecule has 2 N–H and O–H groups in total. The van der Waals surface area contributed by atoms with Gasteiger partial charge in [0.25, 0.3) is 0 Å². The largest absolute Gasteiger partial charge is 0.383 e. The molecule has 0 aliphatic carbocycles. The van der Waals surface area contributed by atoms with Crippen LogP contribution in [0.4, 0.5) is 0 Å². The zero-order chi connectivity index (χ0) is 13.0. The highest BCUT2D eigenvalue weighted by Crippen LogP contribution is 2.31. The third-order valence-electron chi connectivity index (χ3n) is 3.49. The highest BCUT2D eigenvalue weighted by atomic mass is 16.5. The molecule has 1 heterocycles. The molecule has 18 heavy (non-hydrogen) atoms. The summed E-state index contributed by atoms with van der Waals surface area (Å²) in [7, 11) is 1.71. The zero-order valence-electron chi connectivity index (χ0n) is 10.7. The van der Waals surface area contributed by atoms with Gasteiger partial charge in [0.2, 0.25) is 0 Å². The van der Waals surface area contributed by atoms with Gasteiger partial charge in [-0.2, -0.15) is 5.26 Å². The van der Waals surface area contributed by atoms with Crippen LogP contribution in [0, 0.1) is 11.3 Å². The normalized spacial score (nSPS) is 24.1. The fraction of sp³-hybridized carbons (Fsp3) is 0.500. The first kappa shape index (κ1) is 13.0. The summed E-state index contributed by atoms with van der Waals surface area (Å²) in [5.41, 5.74) is 8.03. The molecule has 2 rings (SSSR count). The summed E-state index contributed by atoms with van der Waals surface area (Å²) in [6.07, 6.45) is 0.991. The van der Waals surface area contributed by atoms with Crippen molar-refractivity contribution in [2.75, 3.05) is 26.8 Å². The van der Waals surface area contributed by atoms with Crippen LogP contribution in [-0.2, 0) is 4.74 Å². The minimum absolute atomic E-state index is 0.135. The maximum Gasteiger partial charge on any atom is 0.0991 e. The van der Waals surface area contributed by atoms with E-state index in [1.807, 2.05) is 18.2 Å². The molecule has 2 atom stereocenters. The van der Waals surface area contributed by atoms with Gasteiger partial charge in [0.15, 0.2) is 0 Å². The summed E-state index contributed by atoms with van der Waals surface area (Å²) in [6.45, 7) is 2.58. The number of rotatable bonds is 4. The van der Waals surface area contributed by atoms with Gasteiger partial charge in [0.05, 0.1) is 24.3 Å². The van der Waals surface area contributed by atoms with E-state index in [0.717, 1.165) is 25.1 Å². The quantitative estimate of drug-likeness (QED) is 0.868. The molecule has 1 saturated heterocycles. The fourth-order valence-electron chi connectivity index (χ4n) is 2.59. The summed E-state index contributed by atoms with van der Waals surface area (Å²) < 4.78 is 5.13. The average molecular weight is 245 g/mol. The number of hydrogen-bond donors (Lipinski definition) is 1. The van der Waals surface area contributed by atoms with E-state index in [1.165, 1.54) is 0 Å². The van der Waals surface area contributed by atoms with E-state index in [2.05, 4.69) is 17.0 Å². The van der Waals surface area contributed by atoms with E-state index in [0.29, 0.717) is 12.2 Å². The molecule has 0 spiro atoms. The number of ether oxygens (including phenoxy) is 1. The highest BCUT2D eigenvalue weighted by molar-refractivity contribution is 5.35. The minimum atomic E-state index is 0.135. The Labute approximate surface area is 108 Å². The van der Waals surface area contributed by atoms with Crippen LogP contribution in [0.3, 0.4) is 0 Å². The van der Waals surface area contributed by atoms with Gasteiger partial charge in [-0.1, -0.05) is 12.1 Å². The number of methoxy groups -OCH3 is 1. The van der Waals surface area contributed by atoms with Crippen molar-refractivity contribution >= 4 is 0 Å². The Morgan fingerprint density at radius 2 is 2.39 bits per heavy atom. The van der Waals surface area contributed by atoms with E-state index in [1.54, 1.807) is 7.11 Å². The Morgan fingerprint density at radius 1 is 1.56 bits per heavy atom. The Bertz CT molecular complexity index is 441. The molecular weight excluding hydrogens is 226 g/mol. The molecule has 2 unspecified atom stereocenters. The predicted molar refractivity (Wildman–Crippen MR) is 69.9 cm³/mol. The van der Waals surface area contributed by atoms with E-state index >= 15 is 0 Å². The Balaban J connectivity index is 2.19. The molecule has 4 nitrogen and oxygen atoms in total. The molecule has 0 saturated carbocycles. The van der Waals surface area contributed by atoms with Crippen LogP contribution >= 0.6 is 0 Å². The Kier molecular flexibility index (Phi) is 4.32. The standard InChI is InChI=1S/C14H19N3O/c1-18-8-7-17-6-5-13(16)14(17)12-4-2-3-11(9-12)10-15/h2-4,9,13-14H,5-8,16H2,1H3. The molecule has 0 amide bonds. The summed E-state index contributed by atoms with van der Waals surface area (Å²) in [6, 6.07) is 10.3.